The zero-order chi connectivity index (χ0) is 19.7. The molecular weight excluding hydrogens is 367 g/mol. The zero-order valence-corrected chi connectivity index (χ0v) is 14.9. The quantitative estimate of drug-likeness (QED) is 0.700. The first-order valence-electron chi connectivity index (χ1n) is 8.78. The number of fused-ring (bicyclic) bond motifs is 1. The Morgan fingerprint density at radius 3 is 2.39 bits per heavy atom. The number of hydrogen-bond acceptors (Lipinski definition) is 5. The summed E-state index contributed by atoms with van der Waals surface area (Å²) in [5.41, 5.74) is 8.93. The number of benzene rings is 2. The number of anilines is 4. The Labute approximate surface area is 160 Å². The predicted molar refractivity (Wildman–Crippen MR) is 102 cm³/mol. The first-order valence-corrected chi connectivity index (χ1v) is 8.78. The van der Waals surface area contributed by atoms with E-state index in [4.69, 9.17) is 5.73 Å². The van der Waals surface area contributed by atoms with E-state index in [0.29, 0.717) is 29.6 Å². The molecule has 0 fully saturated rings. The Balaban J connectivity index is 1.56. The van der Waals surface area contributed by atoms with Gasteiger partial charge in [0.15, 0.2) is 11.6 Å². The summed E-state index contributed by atoms with van der Waals surface area (Å²) in [5, 5.41) is 2.98. The normalized spacial score (nSPS) is 13.9. The lowest BCUT2D eigenvalue weighted by Crippen LogP contribution is -2.31. The van der Waals surface area contributed by atoms with Crippen molar-refractivity contribution in [1.82, 2.24) is 9.97 Å². The van der Waals surface area contributed by atoms with E-state index >= 15 is 0 Å². The molecule has 1 aromatic heterocycles. The van der Waals surface area contributed by atoms with Gasteiger partial charge in [-0.25, -0.2) is 9.97 Å². The summed E-state index contributed by atoms with van der Waals surface area (Å²) in [7, 11) is 0. The summed E-state index contributed by atoms with van der Waals surface area (Å²) in [4.78, 5) is 10.6. The molecule has 0 bridgehead atoms. The molecule has 0 atom stereocenters. The van der Waals surface area contributed by atoms with E-state index in [1.54, 1.807) is 0 Å². The molecule has 0 aliphatic carbocycles. The predicted octanol–water partition coefficient (Wildman–Crippen LogP) is 4.38. The summed E-state index contributed by atoms with van der Waals surface area (Å²) in [6, 6.07) is 13.0. The molecule has 28 heavy (non-hydrogen) atoms. The highest BCUT2D eigenvalue weighted by Crippen LogP contribution is 2.33. The van der Waals surface area contributed by atoms with Crippen LogP contribution in [-0.4, -0.2) is 16.5 Å². The van der Waals surface area contributed by atoms with Gasteiger partial charge in [-0.05, 0) is 41.8 Å². The van der Waals surface area contributed by atoms with Gasteiger partial charge in [-0.15, -0.1) is 0 Å². The maximum atomic E-state index is 12.7. The summed E-state index contributed by atoms with van der Waals surface area (Å²) in [6.45, 7) is 1.47. The molecule has 8 heteroatoms. The van der Waals surface area contributed by atoms with Crippen molar-refractivity contribution in [2.75, 3.05) is 22.5 Å². The molecule has 5 nitrogen and oxygen atoms in total. The monoisotopic (exact) mass is 385 g/mol. The Kier molecular flexibility index (Phi) is 4.54. The summed E-state index contributed by atoms with van der Waals surface area (Å²) < 4.78 is 38.1. The van der Waals surface area contributed by atoms with Crippen LogP contribution < -0.4 is 16.0 Å². The summed E-state index contributed by atoms with van der Waals surface area (Å²) >= 11 is 0. The molecule has 0 spiro atoms. The maximum absolute atomic E-state index is 12.7. The largest absolute Gasteiger partial charge is 0.416 e. The summed E-state index contributed by atoms with van der Waals surface area (Å²) in [5.74, 6) is 0.975. The van der Waals surface area contributed by atoms with Crippen molar-refractivity contribution in [3.63, 3.8) is 0 Å². The van der Waals surface area contributed by atoms with Crippen LogP contribution in [0, 0.1) is 0 Å². The standard InChI is InChI=1S/C20H18F3N5/c21-20(22,23)15-5-7-16(8-6-15)27-18-17(24)19(26-12-25-18)28-10-9-13-3-1-2-4-14(13)11-28/h1-8,12H,9-11,24H2,(H,25,26,27). The average molecular weight is 385 g/mol. The fourth-order valence-corrected chi connectivity index (χ4v) is 3.29. The Hall–Kier alpha value is -3.29. The fraction of sp³-hybridized carbons (Fsp3) is 0.200. The van der Waals surface area contributed by atoms with Crippen LogP contribution in [0.25, 0.3) is 0 Å². The van der Waals surface area contributed by atoms with E-state index in [1.165, 1.54) is 29.6 Å². The lowest BCUT2D eigenvalue weighted by molar-refractivity contribution is -0.137. The van der Waals surface area contributed by atoms with Crippen LogP contribution in [0.3, 0.4) is 0 Å². The molecular formula is C20H18F3N5. The minimum atomic E-state index is -4.37. The molecule has 0 saturated heterocycles. The minimum absolute atomic E-state index is 0.363. The van der Waals surface area contributed by atoms with E-state index in [0.717, 1.165) is 25.1 Å². The molecule has 144 valence electrons. The second-order valence-corrected chi connectivity index (χ2v) is 6.60. The van der Waals surface area contributed by atoms with Crippen molar-refractivity contribution in [1.29, 1.82) is 0 Å². The number of nitrogen functional groups attached to an aromatic ring is 1. The highest BCUT2D eigenvalue weighted by Gasteiger charge is 2.30. The number of nitrogens with zero attached hydrogens (tertiary/aromatic N) is 3. The number of halogens is 3. The average Bonchev–Trinajstić information content (AvgIpc) is 2.69. The van der Waals surface area contributed by atoms with Crippen molar-refractivity contribution >= 4 is 23.0 Å². The Bertz CT molecular complexity index is 986. The SMILES string of the molecule is Nc1c(Nc2ccc(C(F)(F)F)cc2)ncnc1N1CCc2ccccc2C1. The molecule has 1 aliphatic heterocycles. The van der Waals surface area contributed by atoms with Gasteiger partial charge in [-0.2, -0.15) is 13.2 Å². The van der Waals surface area contributed by atoms with E-state index in [1.807, 2.05) is 12.1 Å². The summed E-state index contributed by atoms with van der Waals surface area (Å²) in [6.07, 6.45) is -2.08. The number of hydrogen-bond donors (Lipinski definition) is 2. The smallest absolute Gasteiger partial charge is 0.393 e. The van der Waals surface area contributed by atoms with Crippen molar-refractivity contribution in [3.8, 4) is 0 Å². The number of alkyl halides is 3. The van der Waals surface area contributed by atoms with Gasteiger partial charge in [0.05, 0.1) is 5.56 Å². The Morgan fingerprint density at radius 2 is 1.68 bits per heavy atom. The first kappa shape index (κ1) is 18.1. The van der Waals surface area contributed by atoms with Crippen LogP contribution in [0.1, 0.15) is 16.7 Å². The van der Waals surface area contributed by atoms with Gasteiger partial charge in [-0.3, -0.25) is 0 Å². The highest BCUT2D eigenvalue weighted by atomic mass is 19.4. The van der Waals surface area contributed by atoms with Gasteiger partial charge in [0.25, 0.3) is 0 Å². The lowest BCUT2D eigenvalue weighted by atomic mass is 10.00. The first-order chi connectivity index (χ1) is 13.4. The van der Waals surface area contributed by atoms with E-state index in [-0.39, 0.29) is 0 Å². The van der Waals surface area contributed by atoms with Crippen LogP contribution >= 0.6 is 0 Å². The second kappa shape index (κ2) is 7.03. The van der Waals surface area contributed by atoms with E-state index in [9.17, 15) is 13.2 Å². The molecule has 4 rings (SSSR count). The van der Waals surface area contributed by atoms with Gasteiger partial charge in [0.2, 0.25) is 0 Å². The van der Waals surface area contributed by atoms with Crippen LogP contribution in [-0.2, 0) is 19.1 Å². The fourth-order valence-electron chi connectivity index (χ4n) is 3.29. The van der Waals surface area contributed by atoms with Crippen molar-refractivity contribution in [2.24, 2.45) is 0 Å². The molecule has 0 unspecified atom stereocenters. The molecule has 0 amide bonds. The maximum Gasteiger partial charge on any atom is 0.416 e. The number of nitrogens with one attached hydrogen (secondary N) is 1. The third-order valence-electron chi connectivity index (χ3n) is 4.77. The molecule has 0 saturated carbocycles. The molecule has 2 heterocycles. The third kappa shape index (κ3) is 3.58. The van der Waals surface area contributed by atoms with Gasteiger partial charge < -0.3 is 16.0 Å². The molecule has 1 aliphatic rings. The van der Waals surface area contributed by atoms with Crippen LogP contribution in [0.15, 0.2) is 54.9 Å². The van der Waals surface area contributed by atoms with Gasteiger partial charge in [0.1, 0.15) is 12.0 Å². The van der Waals surface area contributed by atoms with E-state index < -0.39 is 11.7 Å². The highest BCUT2D eigenvalue weighted by molar-refractivity contribution is 5.78. The van der Waals surface area contributed by atoms with Crippen LogP contribution in [0.2, 0.25) is 0 Å². The van der Waals surface area contributed by atoms with Gasteiger partial charge in [-0.1, -0.05) is 24.3 Å². The van der Waals surface area contributed by atoms with Crippen molar-refractivity contribution in [2.45, 2.75) is 19.1 Å². The number of nitrogens with two attached hydrogens (primary N) is 1. The lowest BCUT2D eigenvalue weighted by Gasteiger charge is -2.30. The van der Waals surface area contributed by atoms with E-state index in [2.05, 4.69) is 32.3 Å². The van der Waals surface area contributed by atoms with Crippen LogP contribution in [0.5, 0.6) is 0 Å². The van der Waals surface area contributed by atoms with Crippen molar-refractivity contribution < 1.29 is 13.2 Å². The molecule has 2 aromatic carbocycles. The third-order valence-corrected chi connectivity index (χ3v) is 4.77. The Morgan fingerprint density at radius 1 is 0.964 bits per heavy atom. The van der Waals surface area contributed by atoms with Gasteiger partial charge >= 0.3 is 6.18 Å². The number of rotatable bonds is 3. The second-order valence-electron chi connectivity index (χ2n) is 6.60. The molecule has 3 N–H and O–H groups in total. The minimum Gasteiger partial charge on any atom is -0.393 e. The van der Waals surface area contributed by atoms with Gasteiger partial charge in [0, 0.05) is 18.8 Å². The van der Waals surface area contributed by atoms with Crippen LogP contribution in [0.4, 0.5) is 36.2 Å². The van der Waals surface area contributed by atoms with Crippen molar-refractivity contribution in [3.05, 3.63) is 71.5 Å². The number of aromatic nitrogens is 2. The molecule has 0 radical (unpaired) electrons. The topological polar surface area (TPSA) is 67.1 Å². The molecule has 3 aromatic rings. The zero-order valence-electron chi connectivity index (χ0n) is 14.9.